The molecule has 0 aliphatic carbocycles. The van der Waals surface area contributed by atoms with Crippen LogP contribution in [-0.4, -0.2) is 29.9 Å². The fourth-order valence-electron chi connectivity index (χ4n) is 2.58. The molecule has 0 spiro atoms. The number of hydrogen-bond donors (Lipinski definition) is 1. The highest BCUT2D eigenvalue weighted by Crippen LogP contribution is 2.20. The Kier molecular flexibility index (Phi) is 4.20. The maximum absolute atomic E-state index is 13.7. The normalized spacial score (nSPS) is 10.8. The average molecular weight is 330 g/mol. The molecule has 0 aliphatic heterocycles. The number of halogens is 2. The lowest BCUT2D eigenvalue weighted by molar-refractivity contribution is 0.0780. The van der Waals surface area contributed by atoms with Gasteiger partial charge >= 0.3 is 0 Å². The van der Waals surface area contributed by atoms with Crippen LogP contribution in [0.25, 0.3) is 10.9 Å². The molecule has 0 radical (unpaired) electrons. The summed E-state index contributed by atoms with van der Waals surface area (Å²) in [7, 11) is 3.02. The molecule has 1 aromatic heterocycles. The van der Waals surface area contributed by atoms with Gasteiger partial charge in [-0.15, -0.1) is 0 Å². The molecule has 124 valence electrons. The van der Waals surface area contributed by atoms with Gasteiger partial charge in [0.25, 0.3) is 5.91 Å². The summed E-state index contributed by atoms with van der Waals surface area (Å²) < 4.78 is 31.8. The number of rotatable bonds is 4. The number of ether oxygens (including phenoxy) is 1. The number of methoxy groups -OCH3 is 1. The molecular formula is C18H16F2N2O2. The van der Waals surface area contributed by atoms with Crippen molar-refractivity contribution in [2.75, 3.05) is 14.2 Å². The van der Waals surface area contributed by atoms with Gasteiger partial charge in [-0.2, -0.15) is 0 Å². The summed E-state index contributed by atoms with van der Waals surface area (Å²) in [6.07, 6.45) is 0. The average Bonchev–Trinajstić information content (AvgIpc) is 2.97. The minimum Gasteiger partial charge on any atom is -0.494 e. The van der Waals surface area contributed by atoms with Gasteiger partial charge < -0.3 is 14.6 Å². The van der Waals surface area contributed by atoms with Crippen LogP contribution in [0.5, 0.6) is 5.75 Å². The number of carbonyl (C=O) groups is 1. The van der Waals surface area contributed by atoms with E-state index < -0.39 is 5.82 Å². The van der Waals surface area contributed by atoms with Gasteiger partial charge in [0.15, 0.2) is 11.6 Å². The number of carbonyl (C=O) groups excluding carboxylic acids is 1. The highest BCUT2D eigenvalue weighted by molar-refractivity contribution is 5.97. The molecule has 0 atom stereocenters. The zero-order chi connectivity index (χ0) is 17.3. The summed E-state index contributed by atoms with van der Waals surface area (Å²) in [6, 6.07) is 10.4. The summed E-state index contributed by atoms with van der Waals surface area (Å²) >= 11 is 0. The Morgan fingerprint density at radius 2 is 1.96 bits per heavy atom. The Labute approximate surface area is 137 Å². The van der Waals surface area contributed by atoms with Crippen molar-refractivity contribution >= 4 is 16.8 Å². The van der Waals surface area contributed by atoms with E-state index in [0.717, 1.165) is 0 Å². The van der Waals surface area contributed by atoms with E-state index in [1.54, 1.807) is 25.2 Å². The molecule has 1 amide bonds. The number of aromatic nitrogens is 1. The Bertz CT molecular complexity index is 905. The van der Waals surface area contributed by atoms with E-state index in [1.807, 2.05) is 0 Å². The summed E-state index contributed by atoms with van der Waals surface area (Å²) in [5.74, 6) is -0.937. The lowest BCUT2D eigenvalue weighted by Gasteiger charge is -2.16. The largest absolute Gasteiger partial charge is 0.494 e. The molecule has 0 fully saturated rings. The SMILES string of the molecule is COc1ccc(CN(C)C(=O)c2cc3cc(F)ccc3[nH]2)cc1F. The third kappa shape index (κ3) is 3.08. The number of aromatic amines is 1. The number of nitrogens with one attached hydrogen (secondary N) is 1. The quantitative estimate of drug-likeness (QED) is 0.792. The second-order valence-corrected chi connectivity index (χ2v) is 5.54. The second kappa shape index (κ2) is 6.31. The topological polar surface area (TPSA) is 45.3 Å². The number of H-pyrrole nitrogens is 1. The van der Waals surface area contributed by atoms with Crippen molar-refractivity contribution in [3.63, 3.8) is 0 Å². The summed E-state index contributed by atoms with van der Waals surface area (Å²) in [6.45, 7) is 0.240. The van der Waals surface area contributed by atoms with E-state index in [0.29, 0.717) is 22.2 Å². The predicted molar refractivity (Wildman–Crippen MR) is 87.0 cm³/mol. The van der Waals surface area contributed by atoms with Crippen molar-refractivity contribution in [1.29, 1.82) is 0 Å². The Balaban J connectivity index is 1.79. The van der Waals surface area contributed by atoms with Gasteiger partial charge in [0.2, 0.25) is 0 Å². The first kappa shape index (κ1) is 16.0. The Hall–Kier alpha value is -2.89. The highest BCUT2D eigenvalue weighted by Gasteiger charge is 2.16. The zero-order valence-electron chi connectivity index (χ0n) is 13.3. The third-order valence-electron chi connectivity index (χ3n) is 3.80. The van der Waals surface area contributed by atoms with Gasteiger partial charge in [-0.25, -0.2) is 8.78 Å². The summed E-state index contributed by atoms with van der Waals surface area (Å²) in [5.41, 5.74) is 1.68. The Morgan fingerprint density at radius 1 is 1.17 bits per heavy atom. The van der Waals surface area contributed by atoms with Crippen LogP contribution in [0.4, 0.5) is 8.78 Å². The van der Waals surface area contributed by atoms with Crippen LogP contribution in [0, 0.1) is 11.6 Å². The predicted octanol–water partition coefficient (Wildman–Crippen LogP) is 3.73. The molecule has 0 bridgehead atoms. The van der Waals surface area contributed by atoms with Crippen LogP contribution in [0.1, 0.15) is 16.1 Å². The van der Waals surface area contributed by atoms with Crippen molar-refractivity contribution in [3.05, 3.63) is 65.4 Å². The van der Waals surface area contributed by atoms with E-state index in [9.17, 15) is 13.6 Å². The first-order chi connectivity index (χ1) is 11.5. The zero-order valence-corrected chi connectivity index (χ0v) is 13.3. The number of hydrogen-bond acceptors (Lipinski definition) is 2. The molecule has 3 aromatic rings. The van der Waals surface area contributed by atoms with Gasteiger partial charge in [0, 0.05) is 24.5 Å². The summed E-state index contributed by atoms with van der Waals surface area (Å²) in [5, 5.41) is 0.627. The van der Waals surface area contributed by atoms with Crippen LogP contribution in [-0.2, 0) is 6.54 Å². The van der Waals surface area contributed by atoms with Crippen LogP contribution < -0.4 is 4.74 Å². The lowest BCUT2D eigenvalue weighted by Crippen LogP contribution is -2.26. The molecule has 4 nitrogen and oxygen atoms in total. The van der Waals surface area contributed by atoms with Crippen molar-refractivity contribution in [3.8, 4) is 5.75 Å². The molecule has 0 saturated carbocycles. The number of amides is 1. The maximum Gasteiger partial charge on any atom is 0.270 e. The van der Waals surface area contributed by atoms with Gasteiger partial charge in [-0.3, -0.25) is 4.79 Å². The fourth-order valence-corrected chi connectivity index (χ4v) is 2.58. The van der Waals surface area contributed by atoms with Crippen LogP contribution in [0.15, 0.2) is 42.5 Å². The number of benzene rings is 2. The van der Waals surface area contributed by atoms with Crippen LogP contribution in [0.3, 0.4) is 0 Å². The molecule has 0 unspecified atom stereocenters. The first-order valence-electron chi connectivity index (χ1n) is 7.34. The molecule has 0 saturated heterocycles. The molecule has 1 heterocycles. The third-order valence-corrected chi connectivity index (χ3v) is 3.80. The first-order valence-corrected chi connectivity index (χ1v) is 7.34. The molecule has 1 N–H and O–H groups in total. The van der Waals surface area contributed by atoms with Crippen molar-refractivity contribution < 1.29 is 18.3 Å². The fraction of sp³-hybridized carbons (Fsp3) is 0.167. The van der Waals surface area contributed by atoms with E-state index in [2.05, 4.69) is 4.98 Å². The number of nitrogens with zero attached hydrogens (tertiary/aromatic N) is 1. The molecular weight excluding hydrogens is 314 g/mol. The molecule has 3 rings (SSSR count). The minimum atomic E-state index is -0.475. The van der Waals surface area contributed by atoms with E-state index >= 15 is 0 Å². The molecule has 24 heavy (non-hydrogen) atoms. The Morgan fingerprint density at radius 3 is 2.67 bits per heavy atom. The smallest absolute Gasteiger partial charge is 0.270 e. The van der Waals surface area contributed by atoms with Gasteiger partial charge in [-0.05, 0) is 42.0 Å². The molecule has 6 heteroatoms. The summed E-state index contributed by atoms with van der Waals surface area (Å²) in [4.78, 5) is 16.9. The second-order valence-electron chi connectivity index (χ2n) is 5.54. The minimum absolute atomic E-state index is 0.158. The molecule has 2 aromatic carbocycles. The van der Waals surface area contributed by atoms with E-state index in [4.69, 9.17) is 4.74 Å². The van der Waals surface area contributed by atoms with E-state index in [-0.39, 0.29) is 24.0 Å². The maximum atomic E-state index is 13.7. The lowest BCUT2D eigenvalue weighted by atomic mass is 10.2. The highest BCUT2D eigenvalue weighted by atomic mass is 19.1. The van der Waals surface area contributed by atoms with Crippen molar-refractivity contribution in [1.82, 2.24) is 9.88 Å². The monoisotopic (exact) mass is 330 g/mol. The van der Waals surface area contributed by atoms with Crippen molar-refractivity contribution in [2.24, 2.45) is 0 Å². The van der Waals surface area contributed by atoms with Crippen LogP contribution in [0.2, 0.25) is 0 Å². The van der Waals surface area contributed by atoms with Crippen LogP contribution >= 0.6 is 0 Å². The van der Waals surface area contributed by atoms with E-state index in [1.165, 1.54) is 36.3 Å². The number of fused-ring (bicyclic) bond motifs is 1. The molecule has 0 aliphatic rings. The van der Waals surface area contributed by atoms with Crippen molar-refractivity contribution in [2.45, 2.75) is 6.54 Å². The standard InChI is InChI=1S/C18H16F2N2O2/c1-22(10-11-3-6-17(24-2)14(20)7-11)18(23)16-9-12-8-13(19)4-5-15(12)21-16/h3-9,21H,10H2,1-2H3. The van der Waals surface area contributed by atoms with Gasteiger partial charge in [0.1, 0.15) is 11.5 Å². The van der Waals surface area contributed by atoms with Gasteiger partial charge in [0.05, 0.1) is 7.11 Å². The van der Waals surface area contributed by atoms with Gasteiger partial charge in [-0.1, -0.05) is 6.07 Å².